The van der Waals surface area contributed by atoms with E-state index in [4.69, 9.17) is 11.5 Å². The van der Waals surface area contributed by atoms with Gasteiger partial charge in [-0.15, -0.1) is 11.3 Å². The molecule has 0 spiro atoms. The van der Waals surface area contributed by atoms with Gasteiger partial charge in [-0.05, 0) is 25.3 Å². The maximum absolute atomic E-state index is 11.9. The van der Waals surface area contributed by atoms with E-state index in [2.05, 4.69) is 5.32 Å². The van der Waals surface area contributed by atoms with Gasteiger partial charge >= 0.3 is 0 Å². The molecule has 0 saturated heterocycles. The van der Waals surface area contributed by atoms with Crippen molar-refractivity contribution in [3.8, 4) is 0 Å². The minimum absolute atomic E-state index is 0.0793. The molecule has 1 heterocycles. The third-order valence-corrected chi connectivity index (χ3v) is 3.17. The van der Waals surface area contributed by atoms with E-state index in [9.17, 15) is 9.59 Å². The van der Waals surface area contributed by atoms with E-state index >= 15 is 0 Å². The number of hydrogen-bond donors (Lipinski definition) is 3. The molecule has 1 unspecified atom stereocenters. The van der Waals surface area contributed by atoms with Crippen LogP contribution >= 0.6 is 11.3 Å². The van der Waals surface area contributed by atoms with Crippen LogP contribution in [0.2, 0.25) is 0 Å². The summed E-state index contributed by atoms with van der Waals surface area (Å²) in [5.74, 6) is -0.765. The van der Waals surface area contributed by atoms with Gasteiger partial charge in [0.05, 0.1) is 0 Å². The molecule has 5 N–H and O–H groups in total. The van der Waals surface area contributed by atoms with Gasteiger partial charge in [0, 0.05) is 16.8 Å². The van der Waals surface area contributed by atoms with Crippen molar-refractivity contribution in [2.75, 3.05) is 0 Å². The van der Waals surface area contributed by atoms with Crippen molar-refractivity contribution in [2.45, 2.75) is 31.8 Å². The first-order valence-corrected chi connectivity index (χ1v) is 6.09. The van der Waals surface area contributed by atoms with Gasteiger partial charge in [-0.2, -0.15) is 0 Å². The van der Waals surface area contributed by atoms with E-state index in [1.54, 1.807) is 19.9 Å². The number of hydrogen-bond acceptors (Lipinski definition) is 4. The SMILES string of the molecule is CC(C)(CC(N)=O)NC(=O)C(N)c1cccs1. The average Bonchev–Trinajstić information content (AvgIpc) is 2.65. The van der Waals surface area contributed by atoms with Crippen LogP contribution in [0.3, 0.4) is 0 Å². The molecule has 1 aromatic heterocycles. The van der Waals surface area contributed by atoms with Crippen LogP contribution in [0.15, 0.2) is 17.5 Å². The van der Waals surface area contributed by atoms with E-state index in [0.29, 0.717) is 0 Å². The first kappa shape index (κ1) is 13.7. The van der Waals surface area contributed by atoms with Crippen LogP contribution in [-0.2, 0) is 9.59 Å². The smallest absolute Gasteiger partial charge is 0.242 e. The van der Waals surface area contributed by atoms with E-state index in [0.717, 1.165) is 4.88 Å². The van der Waals surface area contributed by atoms with Crippen LogP contribution in [0.4, 0.5) is 0 Å². The summed E-state index contributed by atoms with van der Waals surface area (Å²) in [5, 5.41) is 4.58. The van der Waals surface area contributed by atoms with E-state index < -0.39 is 17.5 Å². The third-order valence-electron chi connectivity index (χ3n) is 2.21. The monoisotopic (exact) mass is 255 g/mol. The second-order valence-electron chi connectivity index (χ2n) is 4.51. The highest BCUT2D eigenvalue weighted by Crippen LogP contribution is 2.18. The molecule has 1 rings (SSSR count). The highest BCUT2D eigenvalue weighted by atomic mass is 32.1. The van der Waals surface area contributed by atoms with Crippen LogP contribution in [0.25, 0.3) is 0 Å². The van der Waals surface area contributed by atoms with Crippen molar-refractivity contribution < 1.29 is 9.59 Å². The summed E-state index contributed by atoms with van der Waals surface area (Å²) in [6.07, 6.45) is 0.0793. The fraction of sp³-hybridized carbons (Fsp3) is 0.455. The molecule has 2 amide bonds. The zero-order valence-electron chi connectivity index (χ0n) is 9.90. The van der Waals surface area contributed by atoms with Crippen LogP contribution < -0.4 is 16.8 Å². The molecule has 0 bridgehead atoms. The second kappa shape index (κ2) is 5.29. The van der Waals surface area contributed by atoms with Crippen molar-refractivity contribution in [1.29, 1.82) is 0 Å². The normalized spacial score (nSPS) is 13.1. The number of thiophene rings is 1. The van der Waals surface area contributed by atoms with Gasteiger partial charge in [0.15, 0.2) is 0 Å². The molecule has 0 aliphatic heterocycles. The average molecular weight is 255 g/mol. The molecule has 0 radical (unpaired) electrons. The van der Waals surface area contributed by atoms with Crippen molar-refractivity contribution in [3.63, 3.8) is 0 Å². The third kappa shape index (κ3) is 4.16. The molecule has 0 saturated carbocycles. The first-order chi connectivity index (χ1) is 7.82. The summed E-state index contributed by atoms with van der Waals surface area (Å²) < 4.78 is 0. The minimum Gasteiger partial charge on any atom is -0.370 e. The lowest BCUT2D eigenvalue weighted by atomic mass is 9.99. The highest BCUT2D eigenvalue weighted by Gasteiger charge is 2.26. The van der Waals surface area contributed by atoms with Crippen LogP contribution in [-0.4, -0.2) is 17.4 Å². The molecule has 0 aliphatic rings. The van der Waals surface area contributed by atoms with E-state index in [1.165, 1.54) is 11.3 Å². The van der Waals surface area contributed by atoms with E-state index in [1.807, 2.05) is 11.4 Å². The predicted octanol–water partition coefficient (Wildman–Crippen LogP) is 0.518. The standard InChI is InChI=1S/C11H17N3O2S/c1-11(2,6-8(12)15)14-10(16)9(13)7-4-3-5-17-7/h3-5,9H,6,13H2,1-2H3,(H2,12,15)(H,14,16). The minimum atomic E-state index is -0.706. The molecule has 94 valence electrons. The molecule has 6 heteroatoms. The molecular weight excluding hydrogens is 238 g/mol. The van der Waals surface area contributed by atoms with Crippen LogP contribution in [0, 0.1) is 0 Å². The summed E-state index contributed by atoms with van der Waals surface area (Å²) in [6.45, 7) is 3.47. The maximum atomic E-state index is 11.9. The number of carbonyl (C=O) groups excluding carboxylic acids is 2. The van der Waals surface area contributed by atoms with Crippen molar-refractivity contribution in [2.24, 2.45) is 11.5 Å². The highest BCUT2D eigenvalue weighted by molar-refractivity contribution is 7.10. The van der Waals surface area contributed by atoms with Gasteiger partial charge in [-0.3, -0.25) is 9.59 Å². The Labute approximate surface area is 104 Å². The fourth-order valence-corrected chi connectivity index (χ4v) is 2.21. The summed E-state index contributed by atoms with van der Waals surface area (Å²) in [4.78, 5) is 23.5. The lowest BCUT2D eigenvalue weighted by Crippen LogP contribution is -2.49. The molecular formula is C11H17N3O2S. The van der Waals surface area contributed by atoms with Gasteiger partial charge in [-0.25, -0.2) is 0 Å². The Kier molecular flexibility index (Phi) is 4.25. The summed E-state index contributed by atoms with van der Waals surface area (Å²) in [7, 11) is 0. The van der Waals surface area contributed by atoms with Crippen molar-refractivity contribution in [1.82, 2.24) is 5.32 Å². The van der Waals surface area contributed by atoms with Crippen LogP contribution in [0.1, 0.15) is 31.2 Å². The first-order valence-electron chi connectivity index (χ1n) is 5.21. The zero-order chi connectivity index (χ0) is 13.1. The number of nitrogens with two attached hydrogens (primary N) is 2. The Hall–Kier alpha value is -1.40. The van der Waals surface area contributed by atoms with E-state index in [-0.39, 0.29) is 12.3 Å². The Morgan fingerprint density at radius 1 is 1.53 bits per heavy atom. The van der Waals surface area contributed by atoms with Gasteiger partial charge in [0.2, 0.25) is 11.8 Å². The quantitative estimate of drug-likeness (QED) is 0.715. The van der Waals surface area contributed by atoms with Crippen LogP contribution in [0.5, 0.6) is 0 Å². The second-order valence-corrected chi connectivity index (χ2v) is 5.49. The Bertz CT molecular complexity index is 401. The topological polar surface area (TPSA) is 98.2 Å². The Balaban J connectivity index is 2.63. The summed E-state index contributed by atoms with van der Waals surface area (Å²) in [5.41, 5.74) is 10.2. The number of rotatable bonds is 5. The number of amides is 2. The molecule has 1 atom stereocenters. The van der Waals surface area contributed by atoms with Crippen molar-refractivity contribution >= 4 is 23.2 Å². The molecule has 17 heavy (non-hydrogen) atoms. The largest absolute Gasteiger partial charge is 0.370 e. The van der Waals surface area contributed by atoms with Gasteiger partial charge in [-0.1, -0.05) is 6.07 Å². The van der Waals surface area contributed by atoms with Gasteiger partial charge < -0.3 is 16.8 Å². The molecule has 1 aromatic rings. The molecule has 5 nitrogen and oxygen atoms in total. The summed E-state index contributed by atoms with van der Waals surface area (Å²) in [6, 6.07) is 2.93. The predicted molar refractivity (Wildman–Crippen MR) is 67.3 cm³/mol. The maximum Gasteiger partial charge on any atom is 0.242 e. The molecule has 0 aromatic carbocycles. The number of nitrogens with one attached hydrogen (secondary N) is 1. The lowest BCUT2D eigenvalue weighted by molar-refractivity contribution is -0.125. The lowest BCUT2D eigenvalue weighted by Gasteiger charge is -2.26. The molecule has 0 fully saturated rings. The van der Waals surface area contributed by atoms with Crippen molar-refractivity contribution in [3.05, 3.63) is 22.4 Å². The van der Waals surface area contributed by atoms with Gasteiger partial charge in [0.25, 0.3) is 0 Å². The Morgan fingerprint density at radius 2 is 2.18 bits per heavy atom. The van der Waals surface area contributed by atoms with Gasteiger partial charge in [0.1, 0.15) is 6.04 Å². The number of carbonyl (C=O) groups is 2. The Morgan fingerprint density at radius 3 is 2.65 bits per heavy atom. The fourth-order valence-electron chi connectivity index (χ4n) is 1.49. The summed E-state index contributed by atoms with van der Waals surface area (Å²) >= 11 is 1.42. The zero-order valence-corrected chi connectivity index (χ0v) is 10.7. The number of primary amides is 1. The molecule has 0 aliphatic carbocycles.